The lowest BCUT2D eigenvalue weighted by atomic mass is 9.75. The van der Waals surface area contributed by atoms with Crippen molar-refractivity contribution in [1.82, 2.24) is 4.90 Å². The summed E-state index contributed by atoms with van der Waals surface area (Å²) in [4.78, 5) is 14.2. The number of benzene rings is 1. The van der Waals surface area contributed by atoms with Gasteiger partial charge in [0.1, 0.15) is 18.0 Å². The van der Waals surface area contributed by atoms with E-state index in [9.17, 15) is 4.79 Å². The molecule has 6 nitrogen and oxygen atoms in total. The average molecular weight is 403 g/mol. The molecule has 2 saturated heterocycles. The van der Waals surface area contributed by atoms with Gasteiger partial charge in [0.25, 0.3) is 0 Å². The van der Waals surface area contributed by atoms with E-state index in [0.29, 0.717) is 13.2 Å². The SMILES string of the molecule is C[C@@H]1CC(C)(C)OB(c2cccc(OC[C@@H]3CCCN3C(=O)OC(C)(C)C)c2)O1. The number of hydrogen-bond donors (Lipinski definition) is 0. The molecule has 0 unspecified atom stereocenters. The van der Waals surface area contributed by atoms with Crippen LogP contribution in [0, 0.1) is 0 Å². The van der Waals surface area contributed by atoms with Gasteiger partial charge in [-0.15, -0.1) is 0 Å². The first kappa shape index (κ1) is 22.0. The van der Waals surface area contributed by atoms with Crippen molar-refractivity contribution in [2.24, 2.45) is 0 Å². The highest BCUT2D eigenvalue weighted by molar-refractivity contribution is 6.61. The molecule has 0 N–H and O–H groups in total. The summed E-state index contributed by atoms with van der Waals surface area (Å²) in [6.45, 7) is 13.1. The number of carbonyl (C=O) groups excluding carboxylic acids is 1. The van der Waals surface area contributed by atoms with E-state index in [1.54, 1.807) is 4.90 Å². The number of amides is 1. The van der Waals surface area contributed by atoms with Crippen molar-refractivity contribution in [3.8, 4) is 5.75 Å². The lowest BCUT2D eigenvalue weighted by molar-refractivity contribution is -0.0230. The molecular weight excluding hydrogens is 369 g/mol. The molecule has 7 heteroatoms. The summed E-state index contributed by atoms with van der Waals surface area (Å²) in [6.07, 6.45) is 2.61. The van der Waals surface area contributed by atoms with Gasteiger partial charge in [-0.1, -0.05) is 12.1 Å². The highest BCUT2D eigenvalue weighted by Crippen LogP contribution is 2.26. The molecule has 2 atom stereocenters. The molecule has 29 heavy (non-hydrogen) atoms. The minimum absolute atomic E-state index is 0.0228. The first-order chi connectivity index (χ1) is 13.5. The molecule has 1 aromatic rings. The lowest BCUT2D eigenvalue weighted by Gasteiger charge is -2.38. The Bertz CT molecular complexity index is 717. The van der Waals surface area contributed by atoms with E-state index in [-0.39, 0.29) is 23.8 Å². The smallest absolute Gasteiger partial charge is 0.491 e. The molecule has 2 fully saturated rings. The third-order valence-corrected chi connectivity index (χ3v) is 5.14. The summed E-state index contributed by atoms with van der Waals surface area (Å²) in [6, 6.07) is 7.85. The van der Waals surface area contributed by atoms with E-state index in [1.807, 2.05) is 45.0 Å². The van der Waals surface area contributed by atoms with Crippen molar-refractivity contribution in [3.63, 3.8) is 0 Å². The Morgan fingerprint density at radius 2 is 2.10 bits per heavy atom. The number of rotatable bonds is 4. The van der Waals surface area contributed by atoms with Gasteiger partial charge in [-0.25, -0.2) is 4.79 Å². The van der Waals surface area contributed by atoms with Gasteiger partial charge in [-0.2, -0.15) is 0 Å². The molecule has 1 amide bonds. The van der Waals surface area contributed by atoms with Gasteiger partial charge in [-0.3, -0.25) is 0 Å². The Balaban J connectivity index is 1.61. The molecule has 3 rings (SSSR count). The minimum atomic E-state index is -0.496. The fourth-order valence-electron chi connectivity index (χ4n) is 3.98. The van der Waals surface area contributed by atoms with E-state index >= 15 is 0 Å². The molecule has 2 aliphatic rings. The zero-order chi connectivity index (χ0) is 21.2. The number of ether oxygens (including phenoxy) is 2. The highest BCUT2D eigenvalue weighted by atomic mass is 16.6. The monoisotopic (exact) mass is 403 g/mol. The molecule has 0 spiro atoms. The second kappa shape index (κ2) is 8.56. The first-order valence-corrected chi connectivity index (χ1v) is 10.6. The zero-order valence-electron chi connectivity index (χ0n) is 18.6. The van der Waals surface area contributed by atoms with Crippen molar-refractivity contribution in [2.75, 3.05) is 13.2 Å². The topological polar surface area (TPSA) is 57.2 Å². The first-order valence-electron chi connectivity index (χ1n) is 10.6. The second-order valence-corrected chi connectivity index (χ2v) is 9.71. The fraction of sp³-hybridized carbons (Fsp3) is 0.682. The van der Waals surface area contributed by atoms with Crippen molar-refractivity contribution < 1.29 is 23.6 Å². The molecule has 0 bridgehead atoms. The summed E-state index contributed by atoms with van der Waals surface area (Å²) < 4.78 is 23.7. The summed E-state index contributed by atoms with van der Waals surface area (Å²) in [5.41, 5.74) is 0.221. The lowest BCUT2D eigenvalue weighted by Crippen LogP contribution is -2.51. The van der Waals surface area contributed by atoms with Gasteiger partial charge >= 0.3 is 13.2 Å². The number of nitrogens with zero attached hydrogens (tertiary/aromatic N) is 1. The second-order valence-electron chi connectivity index (χ2n) is 9.71. The maximum Gasteiger partial charge on any atom is 0.494 e. The summed E-state index contributed by atoms with van der Waals surface area (Å²) in [7, 11) is -0.401. The molecule has 0 aromatic heterocycles. The van der Waals surface area contributed by atoms with Gasteiger partial charge in [-0.05, 0) is 78.4 Å². The molecule has 2 heterocycles. The van der Waals surface area contributed by atoms with Crippen LogP contribution in [0.5, 0.6) is 5.75 Å². The minimum Gasteiger partial charge on any atom is -0.491 e. The van der Waals surface area contributed by atoms with E-state index < -0.39 is 12.7 Å². The molecule has 0 saturated carbocycles. The number of hydrogen-bond acceptors (Lipinski definition) is 5. The van der Waals surface area contributed by atoms with Crippen LogP contribution in [0.1, 0.15) is 60.8 Å². The van der Waals surface area contributed by atoms with Crippen LogP contribution in [0.25, 0.3) is 0 Å². The molecule has 0 aliphatic carbocycles. The maximum atomic E-state index is 12.5. The molecule has 160 valence electrons. The van der Waals surface area contributed by atoms with Gasteiger partial charge in [0.2, 0.25) is 0 Å². The van der Waals surface area contributed by atoms with E-state index in [2.05, 4.69) is 20.8 Å². The largest absolute Gasteiger partial charge is 0.494 e. The fourth-order valence-corrected chi connectivity index (χ4v) is 3.98. The van der Waals surface area contributed by atoms with Crippen molar-refractivity contribution >= 4 is 18.7 Å². The van der Waals surface area contributed by atoms with E-state index in [4.69, 9.17) is 18.8 Å². The van der Waals surface area contributed by atoms with Gasteiger partial charge in [0.05, 0.1) is 11.6 Å². The van der Waals surface area contributed by atoms with Crippen LogP contribution in [-0.4, -0.2) is 54.6 Å². The Kier molecular flexibility index (Phi) is 6.49. The van der Waals surface area contributed by atoms with Crippen LogP contribution in [0.2, 0.25) is 0 Å². The van der Waals surface area contributed by atoms with Gasteiger partial charge in [0, 0.05) is 12.6 Å². The Morgan fingerprint density at radius 1 is 1.34 bits per heavy atom. The van der Waals surface area contributed by atoms with Crippen molar-refractivity contribution in [2.45, 2.75) is 84.2 Å². The predicted octanol–water partition coefficient (Wildman–Crippen LogP) is 3.76. The van der Waals surface area contributed by atoms with Crippen LogP contribution < -0.4 is 10.2 Å². The molecular formula is C22H34BNO5. The predicted molar refractivity (Wildman–Crippen MR) is 114 cm³/mol. The third kappa shape index (κ3) is 6.13. The van der Waals surface area contributed by atoms with Crippen LogP contribution in [-0.2, 0) is 14.0 Å². The Morgan fingerprint density at radius 3 is 2.79 bits per heavy atom. The quantitative estimate of drug-likeness (QED) is 0.717. The summed E-state index contributed by atoms with van der Waals surface area (Å²) in [5, 5.41) is 0. The zero-order valence-corrected chi connectivity index (χ0v) is 18.6. The number of carbonyl (C=O) groups is 1. The third-order valence-electron chi connectivity index (χ3n) is 5.14. The van der Waals surface area contributed by atoms with Crippen molar-refractivity contribution in [1.29, 1.82) is 0 Å². The summed E-state index contributed by atoms with van der Waals surface area (Å²) >= 11 is 0. The van der Waals surface area contributed by atoms with Crippen LogP contribution in [0.3, 0.4) is 0 Å². The molecule has 1 aromatic carbocycles. The van der Waals surface area contributed by atoms with Crippen LogP contribution in [0.4, 0.5) is 4.79 Å². The standard InChI is InChI=1S/C22H34BNO5/c1-16-14-22(5,6)29-23(28-16)17-9-7-11-19(13-17)26-15-18-10-8-12-24(18)20(25)27-21(2,3)4/h7,9,11,13,16,18H,8,10,12,14-15H2,1-6H3/t16-,18+/m1/s1. The number of likely N-dealkylation sites (tertiary alicyclic amines) is 1. The van der Waals surface area contributed by atoms with Crippen LogP contribution >= 0.6 is 0 Å². The highest BCUT2D eigenvalue weighted by Gasteiger charge is 2.38. The van der Waals surface area contributed by atoms with E-state index in [1.165, 1.54) is 0 Å². The van der Waals surface area contributed by atoms with Gasteiger partial charge < -0.3 is 23.7 Å². The molecule has 0 radical (unpaired) electrons. The maximum absolute atomic E-state index is 12.5. The molecule has 2 aliphatic heterocycles. The summed E-state index contributed by atoms with van der Waals surface area (Å²) in [5.74, 6) is 0.752. The Labute approximate surface area is 175 Å². The van der Waals surface area contributed by atoms with Crippen LogP contribution in [0.15, 0.2) is 24.3 Å². The normalized spacial score (nSPS) is 24.5. The van der Waals surface area contributed by atoms with Gasteiger partial charge in [0.15, 0.2) is 0 Å². The average Bonchev–Trinajstić information content (AvgIpc) is 3.06. The van der Waals surface area contributed by atoms with Crippen molar-refractivity contribution in [3.05, 3.63) is 24.3 Å². The Hall–Kier alpha value is -1.73. The van der Waals surface area contributed by atoms with E-state index in [0.717, 1.165) is 30.5 Å².